The zero-order valence-corrected chi connectivity index (χ0v) is 15.6. The number of hydrogen-bond donors (Lipinski definition) is 1. The van der Waals surface area contributed by atoms with Gasteiger partial charge in [-0.1, -0.05) is 35.9 Å². The highest BCUT2D eigenvalue weighted by molar-refractivity contribution is 6.30. The van der Waals surface area contributed by atoms with Crippen LogP contribution in [0.25, 0.3) is 22.3 Å². The topological polar surface area (TPSA) is 47.0 Å². The fourth-order valence-corrected chi connectivity index (χ4v) is 3.03. The highest BCUT2D eigenvalue weighted by Crippen LogP contribution is 2.26. The molecule has 0 amide bonds. The van der Waals surface area contributed by atoms with Gasteiger partial charge in [0.15, 0.2) is 5.82 Å². The SMILES string of the molecule is COc1cccc(CNc2nc(-c3ccc(Cl)cc3)nc3ccccc23)c1. The first-order valence-electron chi connectivity index (χ1n) is 8.62. The normalized spacial score (nSPS) is 10.7. The molecule has 0 aliphatic heterocycles. The van der Waals surface area contributed by atoms with E-state index in [2.05, 4.69) is 11.4 Å². The number of para-hydroxylation sites is 1. The van der Waals surface area contributed by atoms with Crippen molar-refractivity contribution in [2.75, 3.05) is 12.4 Å². The van der Waals surface area contributed by atoms with Crippen molar-refractivity contribution < 1.29 is 4.74 Å². The standard InChI is InChI=1S/C22H18ClN3O/c1-27-18-6-4-5-15(13-18)14-24-22-19-7-2-3-8-20(19)25-21(26-22)16-9-11-17(23)12-10-16/h2-13H,14H2,1H3,(H,24,25,26). The van der Waals surface area contributed by atoms with Crippen molar-refractivity contribution in [1.82, 2.24) is 9.97 Å². The number of ether oxygens (including phenoxy) is 1. The number of methoxy groups -OCH3 is 1. The van der Waals surface area contributed by atoms with Gasteiger partial charge in [-0.3, -0.25) is 0 Å². The minimum absolute atomic E-state index is 0.637. The number of aromatic nitrogens is 2. The molecular weight excluding hydrogens is 358 g/mol. The molecule has 4 rings (SSSR count). The predicted molar refractivity (Wildman–Crippen MR) is 110 cm³/mol. The van der Waals surface area contributed by atoms with E-state index in [1.165, 1.54) is 0 Å². The molecule has 0 aliphatic carbocycles. The van der Waals surface area contributed by atoms with Gasteiger partial charge >= 0.3 is 0 Å². The monoisotopic (exact) mass is 375 g/mol. The molecule has 134 valence electrons. The van der Waals surface area contributed by atoms with Crippen LogP contribution in [0.3, 0.4) is 0 Å². The number of anilines is 1. The molecule has 5 heteroatoms. The van der Waals surface area contributed by atoms with E-state index in [-0.39, 0.29) is 0 Å². The van der Waals surface area contributed by atoms with Crippen LogP contribution in [-0.2, 0) is 6.54 Å². The molecule has 0 atom stereocenters. The molecule has 0 bridgehead atoms. The second kappa shape index (κ2) is 7.64. The summed E-state index contributed by atoms with van der Waals surface area (Å²) in [5.41, 5.74) is 2.94. The first-order valence-corrected chi connectivity index (χ1v) is 9.00. The number of halogens is 1. The van der Waals surface area contributed by atoms with E-state index >= 15 is 0 Å². The van der Waals surface area contributed by atoms with Gasteiger partial charge in [-0.05, 0) is 54.1 Å². The zero-order chi connectivity index (χ0) is 18.6. The van der Waals surface area contributed by atoms with Gasteiger partial charge in [-0.2, -0.15) is 0 Å². The van der Waals surface area contributed by atoms with Crippen molar-refractivity contribution in [3.05, 3.63) is 83.4 Å². The Balaban J connectivity index is 1.70. The summed E-state index contributed by atoms with van der Waals surface area (Å²) in [5, 5.41) is 5.12. The summed E-state index contributed by atoms with van der Waals surface area (Å²) in [5.74, 6) is 2.30. The van der Waals surface area contributed by atoms with Crippen LogP contribution in [0.4, 0.5) is 5.82 Å². The van der Waals surface area contributed by atoms with Crippen molar-refractivity contribution >= 4 is 28.3 Å². The second-order valence-corrected chi connectivity index (χ2v) is 6.56. The third kappa shape index (κ3) is 3.86. The largest absolute Gasteiger partial charge is 0.497 e. The second-order valence-electron chi connectivity index (χ2n) is 6.12. The van der Waals surface area contributed by atoms with Gasteiger partial charge in [-0.15, -0.1) is 0 Å². The van der Waals surface area contributed by atoms with Gasteiger partial charge in [0.1, 0.15) is 11.6 Å². The molecule has 4 aromatic rings. The van der Waals surface area contributed by atoms with Crippen LogP contribution in [0.1, 0.15) is 5.56 Å². The molecule has 4 nitrogen and oxygen atoms in total. The molecule has 0 aliphatic rings. The zero-order valence-electron chi connectivity index (χ0n) is 14.8. The maximum Gasteiger partial charge on any atom is 0.162 e. The Morgan fingerprint density at radius 2 is 1.74 bits per heavy atom. The lowest BCUT2D eigenvalue weighted by molar-refractivity contribution is 0.414. The van der Waals surface area contributed by atoms with Crippen LogP contribution in [0.5, 0.6) is 5.75 Å². The van der Waals surface area contributed by atoms with Crippen molar-refractivity contribution in [3.8, 4) is 17.1 Å². The predicted octanol–water partition coefficient (Wildman–Crippen LogP) is 5.57. The lowest BCUT2D eigenvalue weighted by Gasteiger charge is -2.12. The fourth-order valence-electron chi connectivity index (χ4n) is 2.91. The highest BCUT2D eigenvalue weighted by atomic mass is 35.5. The first kappa shape index (κ1) is 17.3. The minimum atomic E-state index is 0.637. The molecule has 1 aromatic heterocycles. The number of fused-ring (bicyclic) bond motifs is 1. The number of rotatable bonds is 5. The number of nitrogens with zero attached hydrogens (tertiary/aromatic N) is 2. The van der Waals surface area contributed by atoms with Gasteiger partial charge in [0.05, 0.1) is 12.6 Å². The molecule has 1 N–H and O–H groups in total. The summed E-state index contributed by atoms with van der Waals surface area (Å²) < 4.78 is 5.30. The van der Waals surface area contributed by atoms with Crippen molar-refractivity contribution in [1.29, 1.82) is 0 Å². The molecule has 0 saturated carbocycles. The van der Waals surface area contributed by atoms with E-state index in [0.29, 0.717) is 17.4 Å². The highest BCUT2D eigenvalue weighted by Gasteiger charge is 2.09. The summed E-state index contributed by atoms with van der Waals surface area (Å²) >= 11 is 6.00. The Kier molecular flexibility index (Phi) is 4.90. The van der Waals surface area contributed by atoms with E-state index in [0.717, 1.165) is 33.6 Å². The Morgan fingerprint density at radius 3 is 2.56 bits per heavy atom. The Morgan fingerprint density at radius 1 is 0.926 bits per heavy atom. The Bertz CT molecular complexity index is 1080. The minimum Gasteiger partial charge on any atom is -0.497 e. The summed E-state index contributed by atoms with van der Waals surface area (Å²) in [7, 11) is 1.67. The van der Waals surface area contributed by atoms with E-state index in [1.54, 1.807) is 7.11 Å². The smallest absolute Gasteiger partial charge is 0.162 e. The van der Waals surface area contributed by atoms with Crippen LogP contribution in [0.15, 0.2) is 72.8 Å². The van der Waals surface area contributed by atoms with Crippen LogP contribution in [0, 0.1) is 0 Å². The lowest BCUT2D eigenvalue weighted by atomic mass is 10.1. The molecule has 1 heterocycles. The molecule has 0 radical (unpaired) electrons. The van der Waals surface area contributed by atoms with Crippen LogP contribution >= 0.6 is 11.6 Å². The number of benzene rings is 3. The molecule has 0 saturated heterocycles. The van der Waals surface area contributed by atoms with Gasteiger partial charge in [-0.25, -0.2) is 9.97 Å². The van der Waals surface area contributed by atoms with Crippen LogP contribution < -0.4 is 10.1 Å². The van der Waals surface area contributed by atoms with Gasteiger partial charge in [0.25, 0.3) is 0 Å². The van der Waals surface area contributed by atoms with Gasteiger partial charge in [0.2, 0.25) is 0 Å². The summed E-state index contributed by atoms with van der Waals surface area (Å²) in [6.45, 7) is 0.637. The Hall–Kier alpha value is -3.11. The molecule has 0 spiro atoms. The third-order valence-electron chi connectivity index (χ3n) is 4.30. The molecule has 0 fully saturated rings. The molecular formula is C22H18ClN3O. The van der Waals surface area contributed by atoms with E-state index in [9.17, 15) is 0 Å². The molecule has 0 unspecified atom stereocenters. The van der Waals surface area contributed by atoms with E-state index in [4.69, 9.17) is 26.3 Å². The average Bonchev–Trinajstić information content (AvgIpc) is 2.72. The third-order valence-corrected chi connectivity index (χ3v) is 4.55. The van der Waals surface area contributed by atoms with Crippen molar-refractivity contribution in [2.45, 2.75) is 6.54 Å². The maximum absolute atomic E-state index is 6.00. The lowest BCUT2D eigenvalue weighted by Crippen LogP contribution is -2.04. The first-order chi connectivity index (χ1) is 13.2. The van der Waals surface area contributed by atoms with Crippen LogP contribution in [-0.4, -0.2) is 17.1 Å². The van der Waals surface area contributed by atoms with E-state index < -0.39 is 0 Å². The van der Waals surface area contributed by atoms with E-state index in [1.807, 2.05) is 66.7 Å². The average molecular weight is 376 g/mol. The van der Waals surface area contributed by atoms with Gasteiger partial charge < -0.3 is 10.1 Å². The fraction of sp³-hybridized carbons (Fsp3) is 0.0909. The molecule has 27 heavy (non-hydrogen) atoms. The number of hydrogen-bond acceptors (Lipinski definition) is 4. The molecule has 3 aromatic carbocycles. The maximum atomic E-state index is 6.00. The number of nitrogens with one attached hydrogen (secondary N) is 1. The quantitative estimate of drug-likeness (QED) is 0.495. The van der Waals surface area contributed by atoms with Gasteiger partial charge in [0, 0.05) is 22.5 Å². The Labute approximate surface area is 162 Å². The summed E-state index contributed by atoms with van der Waals surface area (Å²) in [6, 6.07) is 23.5. The summed E-state index contributed by atoms with van der Waals surface area (Å²) in [6.07, 6.45) is 0. The van der Waals surface area contributed by atoms with Crippen molar-refractivity contribution in [3.63, 3.8) is 0 Å². The van der Waals surface area contributed by atoms with Crippen LogP contribution in [0.2, 0.25) is 5.02 Å². The van der Waals surface area contributed by atoms with Crippen molar-refractivity contribution in [2.24, 2.45) is 0 Å². The summed E-state index contributed by atoms with van der Waals surface area (Å²) in [4.78, 5) is 9.47.